The average Bonchev–Trinajstić information content (AvgIpc) is 2.42. The van der Waals surface area contributed by atoms with Gasteiger partial charge in [-0.3, -0.25) is 4.79 Å². The van der Waals surface area contributed by atoms with Gasteiger partial charge in [-0.2, -0.15) is 0 Å². The maximum absolute atomic E-state index is 11.1. The minimum absolute atomic E-state index is 0.109. The topological polar surface area (TPSA) is 26.3 Å². The van der Waals surface area contributed by atoms with Crippen molar-refractivity contribution in [2.24, 2.45) is 5.92 Å². The molecule has 0 aromatic carbocycles. The minimum Gasteiger partial charge on any atom is -0.465 e. The van der Waals surface area contributed by atoms with Gasteiger partial charge in [-0.05, 0) is 31.4 Å². The summed E-state index contributed by atoms with van der Waals surface area (Å²) in [5.74, 6) is 1.99. The molecule has 1 atom stereocenters. The highest BCUT2D eigenvalue weighted by Crippen LogP contribution is 2.10. The Labute approximate surface area is 129 Å². The molecule has 0 saturated heterocycles. The summed E-state index contributed by atoms with van der Waals surface area (Å²) < 4.78 is 4.86. The summed E-state index contributed by atoms with van der Waals surface area (Å²) in [4.78, 5) is 11.1. The van der Waals surface area contributed by atoms with Crippen molar-refractivity contribution in [1.82, 2.24) is 0 Å². The Hall–Kier alpha value is -0.700. The molecule has 20 heavy (non-hydrogen) atoms. The first-order chi connectivity index (χ1) is 9.70. The minimum atomic E-state index is -0.109. The number of allylic oxidation sites excluding steroid dienone is 4. The van der Waals surface area contributed by atoms with Crippen LogP contribution in [0.15, 0.2) is 24.3 Å². The normalized spacial score (nSPS) is 13.2. The smallest absolute Gasteiger partial charge is 0.315 e. The Bertz CT molecular complexity index is 285. The van der Waals surface area contributed by atoms with Gasteiger partial charge in [-0.15, -0.1) is 11.8 Å². The summed E-state index contributed by atoms with van der Waals surface area (Å²) in [6, 6.07) is 0. The lowest BCUT2D eigenvalue weighted by atomic mass is 10.0. The number of unbranched alkanes of at least 4 members (excludes halogenated alkanes) is 2. The largest absolute Gasteiger partial charge is 0.465 e. The van der Waals surface area contributed by atoms with Crippen molar-refractivity contribution in [1.29, 1.82) is 0 Å². The quantitative estimate of drug-likeness (QED) is 0.288. The summed E-state index contributed by atoms with van der Waals surface area (Å²) in [7, 11) is 0. The van der Waals surface area contributed by atoms with Gasteiger partial charge in [0, 0.05) is 0 Å². The maximum atomic E-state index is 11.1. The van der Waals surface area contributed by atoms with E-state index in [2.05, 4.69) is 38.2 Å². The Morgan fingerprint density at radius 2 is 2.05 bits per heavy atom. The first kappa shape index (κ1) is 19.3. The van der Waals surface area contributed by atoms with E-state index in [9.17, 15) is 4.79 Å². The summed E-state index contributed by atoms with van der Waals surface area (Å²) >= 11 is 1.63. The van der Waals surface area contributed by atoms with Gasteiger partial charge in [0.25, 0.3) is 0 Å². The van der Waals surface area contributed by atoms with E-state index in [4.69, 9.17) is 4.74 Å². The predicted octanol–water partition coefficient (Wildman–Crippen LogP) is 5.00. The number of carbonyl (C=O) groups is 1. The third kappa shape index (κ3) is 13.7. The maximum Gasteiger partial charge on any atom is 0.315 e. The Balaban J connectivity index is 3.48. The van der Waals surface area contributed by atoms with Crippen LogP contribution >= 0.6 is 11.8 Å². The summed E-state index contributed by atoms with van der Waals surface area (Å²) in [5, 5.41) is 0. The van der Waals surface area contributed by atoms with Crippen molar-refractivity contribution < 1.29 is 9.53 Å². The van der Waals surface area contributed by atoms with Crippen LogP contribution in [-0.2, 0) is 9.53 Å². The zero-order valence-electron chi connectivity index (χ0n) is 13.3. The van der Waals surface area contributed by atoms with Crippen molar-refractivity contribution in [2.45, 2.75) is 52.9 Å². The summed E-state index contributed by atoms with van der Waals surface area (Å²) in [6.45, 7) is 6.82. The number of hydrogen-bond donors (Lipinski definition) is 0. The van der Waals surface area contributed by atoms with Gasteiger partial charge in [0.05, 0.1) is 12.4 Å². The molecule has 0 radical (unpaired) electrons. The van der Waals surface area contributed by atoms with Crippen molar-refractivity contribution >= 4 is 17.7 Å². The fraction of sp³-hybridized carbons (Fsp3) is 0.706. The second-order valence-corrected chi connectivity index (χ2v) is 6.04. The molecule has 0 heterocycles. The molecule has 0 spiro atoms. The fourth-order valence-electron chi connectivity index (χ4n) is 1.75. The molecule has 0 unspecified atom stereocenters. The van der Waals surface area contributed by atoms with E-state index in [1.54, 1.807) is 11.8 Å². The van der Waals surface area contributed by atoms with Crippen LogP contribution in [0.3, 0.4) is 0 Å². The molecular weight excluding hydrogens is 268 g/mol. The molecule has 116 valence electrons. The molecule has 0 rings (SSSR count). The van der Waals surface area contributed by atoms with E-state index in [-0.39, 0.29) is 5.97 Å². The first-order valence-corrected chi connectivity index (χ1v) is 8.92. The molecule has 0 aromatic heterocycles. The second-order valence-electron chi connectivity index (χ2n) is 4.93. The van der Waals surface area contributed by atoms with E-state index in [0.717, 1.165) is 12.2 Å². The Morgan fingerprint density at radius 1 is 1.25 bits per heavy atom. The van der Waals surface area contributed by atoms with Crippen LogP contribution in [0.4, 0.5) is 0 Å². The van der Waals surface area contributed by atoms with E-state index in [1.807, 2.05) is 6.92 Å². The molecule has 0 amide bonds. The van der Waals surface area contributed by atoms with Gasteiger partial charge < -0.3 is 4.74 Å². The van der Waals surface area contributed by atoms with E-state index >= 15 is 0 Å². The monoisotopic (exact) mass is 298 g/mol. The van der Waals surface area contributed by atoms with Crippen molar-refractivity contribution in [3.05, 3.63) is 24.3 Å². The zero-order chi connectivity index (χ0) is 15.1. The van der Waals surface area contributed by atoms with Gasteiger partial charge >= 0.3 is 5.97 Å². The van der Waals surface area contributed by atoms with Gasteiger partial charge in [0.1, 0.15) is 0 Å². The highest BCUT2D eigenvalue weighted by atomic mass is 32.2. The third-order valence-electron chi connectivity index (χ3n) is 2.90. The van der Waals surface area contributed by atoms with Gasteiger partial charge in [0.2, 0.25) is 0 Å². The number of thioether (sulfide) groups is 1. The van der Waals surface area contributed by atoms with Crippen LogP contribution in [0.1, 0.15) is 52.9 Å². The van der Waals surface area contributed by atoms with Gasteiger partial charge in [-0.25, -0.2) is 0 Å². The lowest BCUT2D eigenvalue weighted by Gasteiger charge is -2.03. The number of esters is 1. The van der Waals surface area contributed by atoms with Crippen molar-refractivity contribution in [3.8, 4) is 0 Å². The van der Waals surface area contributed by atoms with Crippen LogP contribution in [-0.4, -0.2) is 24.1 Å². The molecular formula is C17H30O2S. The molecule has 0 aromatic rings. The van der Waals surface area contributed by atoms with Gasteiger partial charge in [-0.1, -0.05) is 57.4 Å². The van der Waals surface area contributed by atoms with E-state index in [0.29, 0.717) is 18.3 Å². The number of carbonyl (C=O) groups excluding carboxylic acids is 1. The standard InChI is InChI=1S/C17H30O2S/c1-4-6-9-12-16(3)13-10-7-8-11-14-20-15-17(18)19-5-2/h7-8,10,13,16H,4-6,9,11-12,14-15H2,1-3H3/b8-7-,13-10+/t16-/m0/s1. The van der Waals surface area contributed by atoms with Crippen LogP contribution in [0.5, 0.6) is 0 Å². The van der Waals surface area contributed by atoms with Crippen LogP contribution in [0.2, 0.25) is 0 Å². The highest BCUT2D eigenvalue weighted by molar-refractivity contribution is 7.99. The Morgan fingerprint density at radius 3 is 2.75 bits per heavy atom. The zero-order valence-corrected chi connectivity index (χ0v) is 14.1. The third-order valence-corrected chi connectivity index (χ3v) is 3.87. The highest BCUT2D eigenvalue weighted by Gasteiger charge is 1.99. The molecule has 0 fully saturated rings. The lowest BCUT2D eigenvalue weighted by Crippen LogP contribution is -2.06. The summed E-state index contributed by atoms with van der Waals surface area (Å²) in [5.41, 5.74) is 0. The van der Waals surface area contributed by atoms with Crippen LogP contribution < -0.4 is 0 Å². The van der Waals surface area contributed by atoms with Crippen LogP contribution in [0.25, 0.3) is 0 Å². The SMILES string of the molecule is CCCCC[C@H](C)/C=C/C=C\CCSCC(=O)OCC. The van der Waals surface area contributed by atoms with Crippen molar-refractivity contribution in [3.63, 3.8) is 0 Å². The molecule has 0 aliphatic carbocycles. The molecule has 0 N–H and O–H groups in total. The average molecular weight is 298 g/mol. The molecule has 2 nitrogen and oxygen atoms in total. The molecule has 0 aliphatic heterocycles. The van der Waals surface area contributed by atoms with Crippen molar-refractivity contribution in [2.75, 3.05) is 18.1 Å². The molecule has 0 saturated carbocycles. The first-order valence-electron chi connectivity index (χ1n) is 7.77. The fourth-order valence-corrected chi connectivity index (χ4v) is 2.45. The summed E-state index contributed by atoms with van der Waals surface area (Å²) in [6.07, 6.45) is 14.9. The second kappa shape index (κ2) is 14.7. The molecule has 0 bridgehead atoms. The molecule has 0 aliphatic rings. The van der Waals surface area contributed by atoms with Gasteiger partial charge in [0.15, 0.2) is 0 Å². The Kier molecular flexibility index (Phi) is 14.2. The van der Waals surface area contributed by atoms with E-state index in [1.165, 1.54) is 25.7 Å². The van der Waals surface area contributed by atoms with E-state index < -0.39 is 0 Å². The predicted molar refractivity (Wildman–Crippen MR) is 90.2 cm³/mol. The number of hydrogen-bond acceptors (Lipinski definition) is 3. The number of ether oxygens (including phenoxy) is 1. The molecule has 3 heteroatoms. The lowest BCUT2D eigenvalue weighted by molar-refractivity contribution is -0.139. The number of rotatable bonds is 12. The van der Waals surface area contributed by atoms with Crippen LogP contribution in [0, 0.1) is 5.92 Å².